The molecule has 1 N–H and O–H groups in total. The number of aliphatic imine (C=N–C) groups is 1. The molecule has 14 heavy (non-hydrogen) atoms. The fraction of sp³-hybridized carbons (Fsp3) is 0.714. The normalized spacial score (nSPS) is 20.1. The monoisotopic (exact) mass is 223 g/mol. The highest BCUT2D eigenvalue weighted by Gasteiger charge is 2.64. The summed E-state index contributed by atoms with van der Waals surface area (Å²) in [5.41, 5.74) is -1.94. The zero-order valence-corrected chi connectivity index (χ0v) is 8.17. The van der Waals surface area contributed by atoms with Crippen LogP contribution in [0.15, 0.2) is 4.99 Å². The highest BCUT2D eigenvalue weighted by atomic mass is 32.2. The Morgan fingerprint density at radius 2 is 2.14 bits per heavy atom. The minimum Gasteiger partial charge on any atom is -0.272 e. The smallest absolute Gasteiger partial charge is 0.272 e. The first-order chi connectivity index (χ1) is 6.45. The number of rotatable bonds is 1. The second kappa shape index (κ2) is 3.69. The number of thioether (sulfide) groups is 1. The molecule has 0 spiro atoms. The van der Waals surface area contributed by atoms with Crippen LogP contribution in [0.1, 0.15) is 12.8 Å². The summed E-state index contributed by atoms with van der Waals surface area (Å²) >= 11 is 0.994. The van der Waals surface area contributed by atoms with E-state index in [1.807, 2.05) is 0 Å². The molecule has 0 aliphatic heterocycles. The summed E-state index contributed by atoms with van der Waals surface area (Å²) in [5, 5.41) is 10.4. The Bertz CT molecular complexity index is 288. The van der Waals surface area contributed by atoms with E-state index in [1.54, 1.807) is 12.4 Å². The van der Waals surface area contributed by atoms with Crippen LogP contribution >= 0.6 is 11.8 Å². The minimum absolute atomic E-state index is 0.00761. The van der Waals surface area contributed by atoms with Gasteiger partial charge in [0.1, 0.15) is 0 Å². The third-order valence-corrected chi connectivity index (χ3v) is 2.50. The van der Waals surface area contributed by atoms with Crippen molar-refractivity contribution in [2.24, 2.45) is 4.99 Å². The molecule has 1 fully saturated rings. The molecule has 0 aromatic heterocycles. The van der Waals surface area contributed by atoms with Gasteiger partial charge < -0.3 is 0 Å². The van der Waals surface area contributed by atoms with Gasteiger partial charge in [-0.15, -0.1) is 0 Å². The number of amidine groups is 1. The number of hydrogen-bond donors (Lipinski definition) is 1. The van der Waals surface area contributed by atoms with Crippen LogP contribution in [0.4, 0.5) is 13.2 Å². The molecule has 0 unspecified atom stereocenters. The van der Waals surface area contributed by atoms with Crippen molar-refractivity contribution in [3.05, 3.63) is 0 Å². The van der Waals surface area contributed by atoms with Gasteiger partial charge >= 0.3 is 6.18 Å². The summed E-state index contributed by atoms with van der Waals surface area (Å²) in [5.74, 6) is 0. The van der Waals surface area contributed by atoms with Crippen LogP contribution in [-0.2, 0) is 0 Å². The molecule has 78 valence electrons. The molecule has 3 nitrogen and oxygen atoms in total. The Labute approximate surface area is 83.4 Å². The van der Waals surface area contributed by atoms with E-state index in [4.69, 9.17) is 5.26 Å². The summed E-state index contributed by atoms with van der Waals surface area (Å²) in [6.45, 7) is 0. The van der Waals surface area contributed by atoms with E-state index in [0.29, 0.717) is 0 Å². The molecule has 0 saturated heterocycles. The summed E-state index contributed by atoms with van der Waals surface area (Å²) < 4.78 is 37.2. The average molecular weight is 223 g/mol. The summed E-state index contributed by atoms with van der Waals surface area (Å²) in [6.07, 6.45) is -1.18. The zero-order valence-electron chi connectivity index (χ0n) is 7.35. The van der Waals surface area contributed by atoms with Crippen LogP contribution in [0.3, 0.4) is 0 Å². The van der Waals surface area contributed by atoms with Crippen molar-refractivity contribution in [1.29, 1.82) is 5.26 Å². The first-order valence-corrected chi connectivity index (χ1v) is 5.03. The molecule has 1 saturated carbocycles. The van der Waals surface area contributed by atoms with Gasteiger partial charge in [0, 0.05) is 0 Å². The second-order valence-electron chi connectivity index (χ2n) is 2.89. The van der Waals surface area contributed by atoms with Crippen LogP contribution < -0.4 is 5.32 Å². The number of nitrogens with zero attached hydrogens (tertiary/aromatic N) is 2. The van der Waals surface area contributed by atoms with Gasteiger partial charge in [0.15, 0.2) is 16.9 Å². The standard InChI is InChI=1S/C7H8F3N3S/c1-14-5(12-4-11)13-6(2-3-6)7(8,9)10/h2-3H2,1H3,(H,12,13). The molecule has 0 aromatic carbocycles. The second-order valence-corrected chi connectivity index (χ2v) is 3.68. The van der Waals surface area contributed by atoms with E-state index in [2.05, 4.69) is 10.3 Å². The maximum absolute atomic E-state index is 12.4. The van der Waals surface area contributed by atoms with Crippen molar-refractivity contribution < 1.29 is 13.2 Å². The maximum Gasteiger partial charge on any atom is 0.413 e. The Kier molecular flexibility index (Phi) is 2.95. The molecule has 0 aromatic rings. The van der Waals surface area contributed by atoms with Crippen molar-refractivity contribution in [3.8, 4) is 6.19 Å². The van der Waals surface area contributed by atoms with Crippen LogP contribution in [-0.4, -0.2) is 23.1 Å². The van der Waals surface area contributed by atoms with Crippen LogP contribution in [0.5, 0.6) is 0 Å². The predicted octanol–water partition coefficient (Wildman–Crippen LogP) is 1.87. The van der Waals surface area contributed by atoms with Crippen LogP contribution in [0.25, 0.3) is 0 Å². The number of nitrogens with one attached hydrogen (secondary N) is 1. The molecule has 1 aliphatic rings. The summed E-state index contributed by atoms with van der Waals surface area (Å²) in [7, 11) is 0. The van der Waals surface area contributed by atoms with E-state index < -0.39 is 11.7 Å². The lowest BCUT2D eigenvalue weighted by molar-refractivity contribution is -0.155. The maximum atomic E-state index is 12.4. The Hall–Kier alpha value is -0.900. The van der Waals surface area contributed by atoms with Gasteiger partial charge in [-0.05, 0) is 19.1 Å². The van der Waals surface area contributed by atoms with Gasteiger partial charge in [-0.1, -0.05) is 11.8 Å². The Morgan fingerprint density at radius 3 is 2.43 bits per heavy atom. The Balaban J connectivity index is 2.80. The third-order valence-electron chi connectivity index (χ3n) is 1.92. The van der Waals surface area contributed by atoms with Gasteiger partial charge in [-0.25, -0.2) is 4.99 Å². The fourth-order valence-electron chi connectivity index (χ4n) is 0.944. The molecule has 1 aliphatic carbocycles. The number of alkyl halides is 3. The molecular weight excluding hydrogens is 215 g/mol. The van der Waals surface area contributed by atoms with Crippen molar-refractivity contribution >= 4 is 16.9 Å². The van der Waals surface area contributed by atoms with Gasteiger partial charge in [-0.3, -0.25) is 5.32 Å². The number of halogens is 3. The van der Waals surface area contributed by atoms with E-state index >= 15 is 0 Å². The van der Waals surface area contributed by atoms with Crippen molar-refractivity contribution in [2.45, 2.75) is 24.6 Å². The molecule has 0 amide bonds. The molecule has 0 atom stereocenters. The van der Waals surface area contributed by atoms with Gasteiger partial charge in [-0.2, -0.15) is 18.4 Å². The number of hydrogen-bond acceptors (Lipinski definition) is 3. The topological polar surface area (TPSA) is 48.2 Å². The third kappa shape index (κ3) is 2.12. The quantitative estimate of drug-likeness (QED) is 0.319. The minimum atomic E-state index is -4.31. The SMILES string of the molecule is CSC(=NC1(C(F)(F)F)CC1)NC#N. The molecule has 0 bridgehead atoms. The molecule has 7 heteroatoms. The predicted molar refractivity (Wildman–Crippen MR) is 47.7 cm³/mol. The average Bonchev–Trinajstić information content (AvgIpc) is 2.83. The zero-order chi connectivity index (χ0) is 10.8. The molecule has 1 rings (SSSR count). The van der Waals surface area contributed by atoms with E-state index in [0.717, 1.165) is 11.8 Å². The van der Waals surface area contributed by atoms with Gasteiger partial charge in [0.25, 0.3) is 0 Å². The molecular formula is C7H8F3N3S. The number of nitriles is 1. The van der Waals surface area contributed by atoms with E-state index in [1.165, 1.54) is 0 Å². The van der Waals surface area contributed by atoms with Gasteiger partial charge in [0.2, 0.25) is 0 Å². The Morgan fingerprint density at radius 1 is 1.57 bits per heavy atom. The highest BCUT2D eigenvalue weighted by Crippen LogP contribution is 2.52. The van der Waals surface area contributed by atoms with E-state index in [-0.39, 0.29) is 18.0 Å². The van der Waals surface area contributed by atoms with E-state index in [9.17, 15) is 13.2 Å². The summed E-state index contributed by atoms with van der Waals surface area (Å²) in [6, 6.07) is 0. The lowest BCUT2D eigenvalue weighted by Crippen LogP contribution is -2.31. The van der Waals surface area contributed by atoms with Crippen molar-refractivity contribution in [1.82, 2.24) is 5.32 Å². The van der Waals surface area contributed by atoms with Crippen molar-refractivity contribution in [2.75, 3.05) is 6.26 Å². The summed E-state index contributed by atoms with van der Waals surface area (Å²) in [4.78, 5) is 3.52. The lowest BCUT2D eigenvalue weighted by atomic mass is 10.3. The largest absolute Gasteiger partial charge is 0.413 e. The van der Waals surface area contributed by atoms with Crippen LogP contribution in [0, 0.1) is 11.5 Å². The fourth-order valence-corrected chi connectivity index (χ4v) is 1.36. The molecule has 0 heterocycles. The lowest BCUT2D eigenvalue weighted by Gasteiger charge is -2.15. The van der Waals surface area contributed by atoms with Crippen LogP contribution in [0.2, 0.25) is 0 Å². The van der Waals surface area contributed by atoms with Crippen molar-refractivity contribution in [3.63, 3.8) is 0 Å². The molecule has 0 radical (unpaired) electrons. The first-order valence-electron chi connectivity index (χ1n) is 3.81. The highest BCUT2D eigenvalue weighted by molar-refractivity contribution is 8.13. The first kappa shape index (κ1) is 11.2. The van der Waals surface area contributed by atoms with Gasteiger partial charge in [0.05, 0.1) is 0 Å².